The Morgan fingerprint density at radius 1 is 1.03 bits per heavy atom. The van der Waals surface area contributed by atoms with Gasteiger partial charge in [0, 0.05) is 31.2 Å². The molecule has 0 bridgehead atoms. The average Bonchev–Trinajstić information content (AvgIpc) is 2.88. The maximum atomic E-state index is 6.23. The maximum absolute atomic E-state index is 6.23. The Morgan fingerprint density at radius 2 is 1.82 bits per heavy atom. The van der Waals surface area contributed by atoms with E-state index in [0.29, 0.717) is 24.5 Å². The molecule has 6 heteroatoms. The molecule has 2 atom stereocenters. The van der Waals surface area contributed by atoms with Crippen molar-refractivity contribution in [2.45, 2.75) is 76.9 Å². The van der Waals surface area contributed by atoms with Gasteiger partial charge in [0.25, 0.3) is 0 Å². The van der Waals surface area contributed by atoms with Crippen LogP contribution in [0.15, 0.2) is 30.3 Å². The summed E-state index contributed by atoms with van der Waals surface area (Å²) in [5.41, 5.74) is 3.27. The molecule has 4 rings (SSSR count). The van der Waals surface area contributed by atoms with Gasteiger partial charge in [0.1, 0.15) is 5.75 Å². The molecule has 34 heavy (non-hydrogen) atoms. The Balaban J connectivity index is 1.46. The van der Waals surface area contributed by atoms with Crippen LogP contribution in [0.1, 0.15) is 64.0 Å². The van der Waals surface area contributed by atoms with Crippen molar-refractivity contribution in [3.8, 4) is 22.8 Å². The van der Waals surface area contributed by atoms with Crippen LogP contribution in [0.25, 0.3) is 11.1 Å². The molecule has 0 radical (unpaired) electrons. The zero-order valence-corrected chi connectivity index (χ0v) is 21.2. The molecule has 1 aromatic carbocycles. The van der Waals surface area contributed by atoms with Crippen LogP contribution >= 0.6 is 0 Å². The van der Waals surface area contributed by atoms with Gasteiger partial charge in [-0.25, -0.2) is 0 Å². The number of aryl methyl sites for hydroxylation is 1. The Bertz CT molecular complexity index is 883. The van der Waals surface area contributed by atoms with Gasteiger partial charge >= 0.3 is 0 Å². The third-order valence-electron chi connectivity index (χ3n) is 7.28. The first kappa shape index (κ1) is 24.9. The monoisotopic (exact) mass is 467 g/mol. The zero-order chi connectivity index (χ0) is 23.8. The molecule has 0 N–H and O–H groups in total. The second kappa shape index (κ2) is 12.5. The van der Waals surface area contributed by atoms with E-state index >= 15 is 0 Å². The number of aromatic nitrogens is 2. The number of ether oxygens (including phenoxy) is 3. The summed E-state index contributed by atoms with van der Waals surface area (Å²) >= 11 is 0. The van der Waals surface area contributed by atoms with Gasteiger partial charge in [0.05, 0.1) is 24.5 Å². The van der Waals surface area contributed by atoms with E-state index in [9.17, 15) is 0 Å². The highest BCUT2D eigenvalue weighted by Crippen LogP contribution is 2.30. The quantitative estimate of drug-likeness (QED) is 0.457. The number of piperidine rings is 1. The molecular formula is C28H41N3O3. The molecule has 2 aliphatic rings. The van der Waals surface area contributed by atoms with Crippen LogP contribution in [0.2, 0.25) is 0 Å². The van der Waals surface area contributed by atoms with Crippen molar-refractivity contribution in [1.29, 1.82) is 0 Å². The second-order valence-corrected chi connectivity index (χ2v) is 9.94. The SMILES string of the molecule is CCCCc1nnc(OC[C@H]2CCN(C)C[C@@H]2OC)cc1-c1ccc(OC2CCCCC2)cc1. The van der Waals surface area contributed by atoms with Gasteiger partial charge in [-0.2, -0.15) is 5.10 Å². The van der Waals surface area contributed by atoms with Crippen molar-refractivity contribution in [2.24, 2.45) is 5.92 Å². The van der Waals surface area contributed by atoms with E-state index in [4.69, 9.17) is 14.2 Å². The summed E-state index contributed by atoms with van der Waals surface area (Å²) in [6.07, 6.45) is 11.0. The van der Waals surface area contributed by atoms with E-state index in [2.05, 4.69) is 59.4 Å². The van der Waals surface area contributed by atoms with Gasteiger partial charge in [-0.05, 0) is 76.2 Å². The minimum Gasteiger partial charge on any atom is -0.490 e. The fourth-order valence-electron chi connectivity index (χ4n) is 5.11. The predicted molar refractivity (Wildman–Crippen MR) is 135 cm³/mol. The number of hydrogen-bond acceptors (Lipinski definition) is 6. The second-order valence-electron chi connectivity index (χ2n) is 9.94. The number of nitrogens with zero attached hydrogens (tertiary/aromatic N) is 3. The van der Waals surface area contributed by atoms with E-state index < -0.39 is 0 Å². The first-order chi connectivity index (χ1) is 16.7. The molecule has 2 fully saturated rings. The number of likely N-dealkylation sites (N-methyl/N-ethyl adjacent to an activating group) is 1. The molecular weight excluding hydrogens is 426 g/mol. The number of methoxy groups -OCH3 is 1. The van der Waals surface area contributed by atoms with Crippen molar-refractivity contribution in [1.82, 2.24) is 15.1 Å². The topological polar surface area (TPSA) is 56.7 Å². The van der Waals surface area contributed by atoms with Crippen molar-refractivity contribution in [3.05, 3.63) is 36.0 Å². The Kier molecular flexibility index (Phi) is 9.17. The fraction of sp³-hybridized carbons (Fsp3) is 0.643. The highest BCUT2D eigenvalue weighted by molar-refractivity contribution is 5.67. The molecule has 0 spiro atoms. The van der Waals surface area contributed by atoms with Gasteiger partial charge in [0.15, 0.2) is 0 Å². The minimum atomic E-state index is 0.187. The lowest BCUT2D eigenvalue weighted by Gasteiger charge is -2.35. The third-order valence-corrected chi connectivity index (χ3v) is 7.28. The number of rotatable bonds is 10. The first-order valence-corrected chi connectivity index (χ1v) is 13.1. The summed E-state index contributed by atoms with van der Waals surface area (Å²) in [4.78, 5) is 2.31. The highest BCUT2D eigenvalue weighted by atomic mass is 16.5. The Labute approximate surface area is 205 Å². The zero-order valence-electron chi connectivity index (χ0n) is 21.2. The summed E-state index contributed by atoms with van der Waals surface area (Å²) in [5, 5.41) is 8.99. The van der Waals surface area contributed by atoms with Gasteiger partial charge in [-0.15, -0.1) is 5.10 Å². The van der Waals surface area contributed by atoms with Crippen molar-refractivity contribution in [3.63, 3.8) is 0 Å². The van der Waals surface area contributed by atoms with Crippen LogP contribution in [0.5, 0.6) is 11.6 Å². The molecule has 0 amide bonds. The van der Waals surface area contributed by atoms with Crippen LogP contribution in [0.3, 0.4) is 0 Å². The highest BCUT2D eigenvalue weighted by Gasteiger charge is 2.28. The summed E-state index contributed by atoms with van der Waals surface area (Å²) in [6.45, 7) is 4.81. The van der Waals surface area contributed by atoms with E-state index in [1.165, 1.54) is 32.1 Å². The normalized spacial score (nSPS) is 22.0. The van der Waals surface area contributed by atoms with Crippen molar-refractivity contribution in [2.75, 3.05) is 33.9 Å². The van der Waals surface area contributed by atoms with Gasteiger partial charge < -0.3 is 19.1 Å². The van der Waals surface area contributed by atoms with Crippen molar-refractivity contribution < 1.29 is 14.2 Å². The molecule has 6 nitrogen and oxygen atoms in total. The van der Waals surface area contributed by atoms with Gasteiger partial charge in [-0.1, -0.05) is 31.9 Å². The molecule has 186 valence electrons. The standard InChI is InChI=1S/C28H41N3O3/c1-4-5-11-26-25(21-12-14-24(15-13-21)34-23-9-7-6-8-10-23)18-28(30-29-26)33-20-22-16-17-31(2)19-27(22)32-3/h12-15,18,22-23,27H,4-11,16-17,19-20H2,1-3H3/t22-,27+/m1/s1. The molecule has 0 unspecified atom stereocenters. The fourth-order valence-corrected chi connectivity index (χ4v) is 5.11. The molecule has 2 heterocycles. The molecule has 1 saturated heterocycles. The number of likely N-dealkylation sites (tertiary alicyclic amines) is 1. The molecule has 1 aliphatic heterocycles. The summed E-state index contributed by atoms with van der Waals surface area (Å²) in [7, 11) is 3.93. The van der Waals surface area contributed by atoms with Crippen LogP contribution in [-0.4, -0.2) is 61.2 Å². The van der Waals surface area contributed by atoms with E-state index in [0.717, 1.165) is 61.3 Å². The first-order valence-electron chi connectivity index (χ1n) is 13.1. The molecule has 1 aliphatic carbocycles. The molecule has 1 aromatic heterocycles. The number of hydrogen-bond donors (Lipinski definition) is 0. The maximum Gasteiger partial charge on any atom is 0.234 e. The minimum absolute atomic E-state index is 0.187. The Hall–Kier alpha value is -2.18. The smallest absolute Gasteiger partial charge is 0.234 e. The lowest BCUT2D eigenvalue weighted by atomic mass is 9.95. The van der Waals surface area contributed by atoms with E-state index in [-0.39, 0.29) is 6.10 Å². The lowest BCUT2D eigenvalue weighted by molar-refractivity contribution is -0.0197. The van der Waals surface area contributed by atoms with Gasteiger partial charge in [0.2, 0.25) is 5.88 Å². The number of unbranched alkanes of at least 4 members (excludes halogenated alkanes) is 1. The molecule has 2 aromatic rings. The average molecular weight is 468 g/mol. The summed E-state index contributed by atoms with van der Waals surface area (Å²) in [5.74, 6) is 1.91. The van der Waals surface area contributed by atoms with Gasteiger partial charge in [-0.3, -0.25) is 0 Å². The van der Waals surface area contributed by atoms with Crippen molar-refractivity contribution >= 4 is 0 Å². The van der Waals surface area contributed by atoms with Crippen LogP contribution in [-0.2, 0) is 11.2 Å². The summed E-state index contributed by atoms with van der Waals surface area (Å²) in [6, 6.07) is 10.5. The summed E-state index contributed by atoms with van der Waals surface area (Å²) < 4.78 is 18.1. The molecule has 1 saturated carbocycles. The number of benzene rings is 1. The van der Waals surface area contributed by atoms with Crippen LogP contribution in [0.4, 0.5) is 0 Å². The third kappa shape index (κ3) is 6.70. The van der Waals surface area contributed by atoms with E-state index in [1.807, 2.05) is 0 Å². The van der Waals surface area contributed by atoms with Crippen LogP contribution < -0.4 is 9.47 Å². The largest absolute Gasteiger partial charge is 0.490 e. The Morgan fingerprint density at radius 3 is 2.56 bits per heavy atom. The van der Waals surface area contributed by atoms with Crippen LogP contribution in [0, 0.1) is 5.92 Å². The lowest BCUT2D eigenvalue weighted by Crippen LogP contribution is -2.44. The predicted octanol–water partition coefficient (Wildman–Crippen LogP) is 5.54. The van der Waals surface area contributed by atoms with E-state index in [1.54, 1.807) is 7.11 Å².